The van der Waals surface area contributed by atoms with Crippen LogP contribution in [-0.4, -0.2) is 48.2 Å². The molecule has 3 rings (SSSR count). The van der Waals surface area contributed by atoms with Gasteiger partial charge in [-0.1, -0.05) is 42.5 Å². The smallest absolute Gasteiger partial charge is 0.321 e. The zero-order valence-corrected chi connectivity index (χ0v) is 14.1. The molecule has 1 aliphatic heterocycles. The summed E-state index contributed by atoms with van der Waals surface area (Å²) in [5.41, 5.74) is 3.49. The summed E-state index contributed by atoms with van der Waals surface area (Å²) < 4.78 is 0. The second kappa shape index (κ2) is 7.49. The number of rotatable bonds is 5. The predicted molar refractivity (Wildman–Crippen MR) is 96.5 cm³/mol. The second-order valence-corrected chi connectivity index (χ2v) is 6.34. The molecule has 1 atom stereocenters. The van der Waals surface area contributed by atoms with Crippen molar-refractivity contribution in [3.05, 3.63) is 65.7 Å². The van der Waals surface area contributed by atoms with Crippen molar-refractivity contribution in [2.75, 3.05) is 31.1 Å². The van der Waals surface area contributed by atoms with Crippen molar-refractivity contribution in [1.29, 1.82) is 0 Å². The molecule has 0 amide bonds. The van der Waals surface area contributed by atoms with Crippen LogP contribution in [0.2, 0.25) is 0 Å². The lowest BCUT2D eigenvalue weighted by molar-refractivity contribution is -0.143. The molecule has 0 aromatic heterocycles. The first kappa shape index (κ1) is 16.5. The van der Waals surface area contributed by atoms with E-state index in [1.165, 1.54) is 5.69 Å². The Morgan fingerprint density at radius 1 is 1.00 bits per heavy atom. The molecule has 126 valence electrons. The van der Waals surface area contributed by atoms with Gasteiger partial charge in [-0.05, 0) is 36.6 Å². The van der Waals surface area contributed by atoms with Gasteiger partial charge in [0.05, 0.1) is 0 Å². The summed E-state index contributed by atoms with van der Waals surface area (Å²) in [5, 5.41) is 9.71. The predicted octanol–water partition coefficient (Wildman–Crippen LogP) is 2.81. The topological polar surface area (TPSA) is 43.8 Å². The van der Waals surface area contributed by atoms with Crippen LogP contribution in [0.15, 0.2) is 54.6 Å². The third-order valence-electron chi connectivity index (χ3n) is 4.84. The van der Waals surface area contributed by atoms with E-state index < -0.39 is 12.0 Å². The van der Waals surface area contributed by atoms with Gasteiger partial charge in [-0.15, -0.1) is 0 Å². The highest BCUT2D eigenvalue weighted by Gasteiger charge is 2.29. The minimum atomic E-state index is -0.730. The van der Waals surface area contributed by atoms with Gasteiger partial charge in [0, 0.05) is 31.9 Å². The molecule has 0 unspecified atom stereocenters. The molecule has 0 spiro atoms. The monoisotopic (exact) mass is 324 g/mol. The van der Waals surface area contributed by atoms with E-state index in [-0.39, 0.29) is 0 Å². The van der Waals surface area contributed by atoms with Crippen LogP contribution in [0, 0.1) is 6.92 Å². The third-order valence-corrected chi connectivity index (χ3v) is 4.84. The number of carboxylic acid groups (broad SMARTS) is 1. The number of benzene rings is 2. The molecule has 4 nitrogen and oxygen atoms in total. The fourth-order valence-corrected chi connectivity index (χ4v) is 3.35. The normalized spacial score (nSPS) is 16.8. The largest absolute Gasteiger partial charge is 0.480 e. The molecule has 1 aliphatic rings. The molecule has 0 saturated carbocycles. The SMILES string of the molecule is Cc1ccccc1C[C@@H](C(=O)O)N1CCN(c2ccccc2)CC1. The Kier molecular flexibility index (Phi) is 5.16. The zero-order valence-electron chi connectivity index (χ0n) is 14.1. The van der Waals surface area contributed by atoms with Gasteiger partial charge in [0.2, 0.25) is 0 Å². The van der Waals surface area contributed by atoms with Crippen molar-refractivity contribution < 1.29 is 9.90 Å². The van der Waals surface area contributed by atoms with E-state index in [1.54, 1.807) is 0 Å². The molecule has 0 aliphatic carbocycles. The van der Waals surface area contributed by atoms with Crippen LogP contribution in [0.25, 0.3) is 0 Å². The molecular formula is C20H24N2O2. The molecule has 1 fully saturated rings. The molecule has 0 radical (unpaired) electrons. The quantitative estimate of drug-likeness (QED) is 0.918. The maximum absolute atomic E-state index is 11.8. The second-order valence-electron chi connectivity index (χ2n) is 6.34. The van der Waals surface area contributed by atoms with Crippen LogP contribution in [0.4, 0.5) is 5.69 Å². The van der Waals surface area contributed by atoms with Gasteiger partial charge >= 0.3 is 5.97 Å². The van der Waals surface area contributed by atoms with Crippen molar-refractivity contribution in [2.24, 2.45) is 0 Å². The first-order valence-electron chi connectivity index (χ1n) is 8.46. The lowest BCUT2D eigenvalue weighted by Crippen LogP contribution is -2.53. The van der Waals surface area contributed by atoms with Gasteiger partial charge in [0.1, 0.15) is 6.04 Å². The van der Waals surface area contributed by atoms with Crippen molar-refractivity contribution in [2.45, 2.75) is 19.4 Å². The summed E-state index contributed by atoms with van der Waals surface area (Å²) >= 11 is 0. The molecule has 4 heteroatoms. The van der Waals surface area contributed by atoms with E-state index in [0.29, 0.717) is 6.42 Å². The van der Waals surface area contributed by atoms with Crippen molar-refractivity contribution in [1.82, 2.24) is 4.90 Å². The Morgan fingerprint density at radius 3 is 2.25 bits per heavy atom. The Balaban J connectivity index is 1.66. The molecular weight excluding hydrogens is 300 g/mol. The van der Waals surface area contributed by atoms with E-state index in [9.17, 15) is 9.90 Å². The van der Waals surface area contributed by atoms with E-state index in [0.717, 1.165) is 37.3 Å². The number of hydrogen-bond donors (Lipinski definition) is 1. The van der Waals surface area contributed by atoms with Gasteiger partial charge in [-0.25, -0.2) is 0 Å². The number of carbonyl (C=O) groups is 1. The summed E-state index contributed by atoms with van der Waals surface area (Å²) in [7, 11) is 0. The van der Waals surface area contributed by atoms with Crippen LogP contribution in [0.1, 0.15) is 11.1 Å². The third kappa shape index (κ3) is 3.77. The van der Waals surface area contributed by atoms with E-state index in [4.69, 9.17) is 0 Å². The number of anilines is 1. The molecule has 1 saturated heterocycles. The standard InChI is InChI=1S/C20H24N2O2/c1-16-7-5-6-8-17(16)15-19(20(23)24)22-13-11-21(12-14-22)18-9-3-2-4-10-18/h2-10,19H,11-15H2,1H3,(H,23,24)/t19-/m0/s1. The number of aryl methyl sites for hydroxylation is 1. The van der Waals surface area contributed by atoms with E-state index >= 15 is 0 Å². The first-order valence-corrected chi connectivity index (χ1v) is 8.46. The zero-order chi connectivity index (χ0) is 16.9. The Morgan fingerprint density at radius 2 is 1.62 bits per heavy atom. The van der Waals surface area contributed by atoms with Gasteiger partial charge < -0.3 is 10.0 Å². The highest BCUT2D eigenvalue weighted by atomic mass is 16.4. The van der Waals surface area contributed by atoms with Crippen LogP contribution in [-0.2, 0) is 11.2 Å². The summed E-state index contributed by atoms with van der Waals surface area (Å²) in [5.74, 6) is -0.730. The van der Waals surface area contributed by atoms with Gasteiger partial charge in [0.15, 0.2) is 0 Å². The van der Waals surface area contributed by atoms with Gasteiger partial charge in [-0.3, -0.25) is 9.69 Å². The highest BCUT2D eigenvalue weighted by molar-refractivity contribution is 5.74. The van der Waals surface area contributed by atoms with Gasteiger partial charge in [0.25, 0.3) is 0 Å². The Bertz CT molecular complexity index is 679. The average Bonchev–Trinajstić information content (AvgIpc) is 2.62. The van der Waals surface area contributed by atoms with Crippen molar-refractivity contribution >= 4 is 11.7 Å². The lowest BCUT2D eigenvalue weighted by Gasteiger charge is -2.39. The van der Waals surface area contributed by atoms with Crippen molar-refractivity contribution in [3.63, 3.8) is 0 Å². The maximum Gasteiger partial charge on any atom is 0.321 e. The average molecular weight is 324 g/mol. The fourth-order valence-electron chi connectivity index (χ4n) is 3.35. The minimum Gasteiger partial charge on any atom is -0.480 e. The summed E-state index contributed by atoms with van der Waals surface area (Å²) in [6.07, 6.45) is 0.563. The molecule has 24 heavy (non-hydrogen) atoms. The lowest BCUT2D eigenvalue weighted by atomic mass is 9.99. The number of carboxylic acids is 1. The molecule has 1 N–H and O–H groups in total. The first-order chi connectivity index (χ1) is 11.6. The number of nitrogens with zero attached hydrogens (tertiary/aromatic N) is 2. The number of hydrogen-bond acceptors (Lipinski definition) is 3. The molecule has 0 bridgehead atoms. The molecule has 2 aromatic carbocycles. The van der Waals surface area contributed by atoms with E-state index in [1.807, 2.05) is 49.4 Å². The Labute approximate surface area is 143 Å². The van der Waals surface area contributed by atoms with Crippen LogP contribution >= 0.6 is 0 Å². The Hall–Kier alpha value is -2.33. The highest BCUT2D eigenvalue weighted by Crippen LogP contribution is 2.19. The van der Waals surface area contributed by atoms with Gasteiger partial charge in [-0.2, -0.15) is 0 Å². The summed E-state index contributed by atoms with van der Waals surface area (Å²) in [4.78, 5) is 16.2. The van der Waals surface area contributed by atoms with E-state index in [2.05, 4.69) is 21.9 Å². The maximum atomic E-state index is 11.8. The summed E-state index contributed by atoms with van der Waals surface area (Å²) in [6, 6.07) is 17.9. The number of piperazine rings is 1. The summed E-state index contributed by atoms with van der Waals surface area (Å²) in [6.45, 7) is 5.32. The van der Waals surface area contributed by atoms with Crippen LogP contribution < -0.4 is 4.90 Å². The van der Waals surface area contributed by atoms with Crippen molar-refractivity contribution in [3.8, 4) is 0 Å². The van der Waals surface area contributed by atoms with Crippen LogP contribution in [0.3, 0.4) is 0 Å². The van der Waals surface area contributed by atoms with Crippen LogP contribution in [0.5, 0.6) is 0 Å². The fraction of sp³-hybridized carbons (Fsp3) is 0.350. The number of aliphatic carboxylic acids is 1. The molecule has 1 heterocycles. The molecule has 2 aromatic rings. The number of para-hydroxylation sites is 1. The minimum absolute atomic E-state index is 0.455.